The van der Waals surface area contributed by atoms with Gasteiger partial charge in [-0.3, -0.25) is 4.79 Å². The number of amides is 1. The number of hydrogen-bond acceptors (Lipinski definition) is 8. The summed E-state index contributed by atoms with van der Waals surface area (Å²) in [6, 6.07) is 7.54. The molecule has 0 heterocycles. The molecule has 3 atom stereocenters. The minimum absolute atomic E-state index is 0.00991. The lowest BCUT2D eigenvalue weighted by atomic mass is 9.99. The molecule has 0 bridgehead atoms. The second kappa shape index (κ2) is 16.2. The molecule has 264 valence electrons. The number of phenolic OH excluding ortho intramolecular Hbond substituents is 1. The fraction of sp³-hybridized carbons (Fsp3) is 0.600. The number of carbonyl (C=O) groups excluding carboxylic acids is 2. The number of methoxy groups -OCH3 is 1. The highest BCUT2D eigenvalue weighted by Gasteiger charge is 2.51. The third-order valence-electron chi connectivity index (χ3n) is 9.51. The molecule has 0 aliphatic rings. The highest BCUT2D eigenvalue weighted by atomic mass is 35.5. The van der Waals surface area contributed by atoms with Gasteiger partial charge in [0.1, 0.15) is 34.4 Å². The van der Waals surface area contributed by atoms with Crippen molar-refractivity contribution in [3.05, 3.63) is 52.5 Å². The number of nitrogens with two attached hydrogens (primary N) is 1. The minimum Gasteiger partial charge on any atom is -0.542 e. The quantitative estimate of drug-likeness (QED) is 0.124. The third kappa shape index (κ3) is 9.11. The second-order valence-electron chi connectivity index (χ2n) is 14.5. The lowest BCUT2D eigenvalue weighted by Crippen LogP contribution is -2.55. The first-order valence-corrected chi connectivity index (χ1v) is 21.8. The van der Waals surface area contributed by atoms with Crippen molar-refractivity contribution in [1.29, 1.82) is 0 Å². The van der Waals surface area contributed by atoms with Gasteiger partial charge < -0.3 is 34.5 Å². The number of rotatable bonds is 15. The summed E-state index contributed by atoms with van der Waals surface area (Å²) in [6.45, 7) is 25.0. The predicted molar refractivity (Wildman–Crippen MR) is 194 cm³/mol. The van der Waals surface area contributed by atoms with Crippen molar-refractivity contribution in [2.75, 3.05) is 13.7 Å². The topological polar surface area (TPSA) is 129 Å². The van der Waals surface area contributed by atoms with Gasteiger partial charge >= 0.3 is 5.97 Å². The van der Waals surface area contributed by atoms with E-state index in [2.05, 4.69) is 80.7 Å². The number of nitrogens with one attached hydrogen (secondary N) is 1. The van der Waals surface area contributed by atoms with Crippen LogP contribution in [0.15, 0.2) is 36.4 Å². The van der Waals surface area contributed by atoms with E-state index in [-0.39, 0.29) is 44.8 Å². The minimum atomic E-state index is -2.76. The summed E-state index contributed by atoms with van der Waals surface area (Å²) < 4.78 is 25.0. The van der Waals surface area contributed by atoms with Gasteiger partial charge in [0.15, 0.2) is 6.04 Å². The van der Waals surface area contributed by atoms with Crippen LogP contribution in [0.3, 0.4) is 0 Å². The highest BCUT2D eigenvalue weighted by molar-refractivity contribution is 6.77. The van der Waals surface area contributed by atoms with Crippen LogP contribution in [0.5, 0.6) is 17.2 Å². The Labute approximate surface area is 289 Å². The van der Waals surface area contributed by atoms with Crippen LogP contribution in [-0.4, -0.2) is 53.4 Å². The van der Waals surface area contributed by atoms with E-state index in [1.54, 1.807) is 44.4 Å². The fourth-order valence-corrected chi connectivity index (χ4v) is 12.8. The number of carbonyl (C=O) groups is 2. The van der Waals surface area contributed by atoms with Crippen molar-refractivity contribution in [2.24, 2.45) is 5.73 Å². The van der Waals surface area contributed by atoms with E-state index >= 15 is 0 Å². The van der Waals surface area contributed by atoms with Crippen LogP contribution < -0.4 is 20.2 Å². The SMILES string of the molecule is CCOC(=O)[C@@H](NC(=O)[C@H](N)c1ccc(OC)cc1)[C@@H](O[Si](C(C)C)(C(C)C)C(C)C)c1ccc(O)c(Cl)c1O[Si](C)(C)C(C)(C)C. The Morgan fingerprint density at radius 1 is 0.957 bits per heavy atom. The van der Waals surface area contributed by atoms with Crippen LogP contribution in [0.25, 0.3) is 0 Å². The van der Waals surface area contributed by atoms with Crippen molar-refractivity contribution in [3.63, 3.8) is 0 Å². The molecule has 0 saturated carbocycles. The lowest BCUT2D eigenvalue weighted by Gasteiger charge is -2.46. The number of phenols is 1. The number of hydrogen-bond donors (Lipinski definition) is 3. The molecule has 1 amide bonds. The third-order valence-corrected chi connectivity index (χ3v) is 20.3. The summed E-state index contributed by atoms with van der Waals surface area (Å²) in [5, 5.41) is 13.5. The van der Waals surface area contributed by atoms with Gasteiger partial charge in [0.25, 0.3) is 8.32 Å². The predicted octanol–water partition coefficient (Wildman–Crippen LogP) is 8.42. The molecule has 4 N–H and O–H groups in total. The van der Waals surface area contributed by atoms with E-state index in [1.165, 1.54) is 6.07 Å². The molecule has 0 fully saturated rings. The summed E-state index contributed by atoms with van der Waals surface area (Å²) in [4.78, 5) is 27.8. The number of benzene rings is 2. The molecule has 0 unspecified atom stereocenters. The molecular formula is C35H57ClN2O7Si2. The first-order chi connectivity index (χ1) is 21.7. The molecule has 12 heteroatoms. The average Bonchev–Trinajstić information content (AvgIpc) is 2.98. The summed E-state index contributed by atoms with van der Waals surface area (Å²) in [6.07, 6.45) is -1.09. The van der Waals surface area contributed by atoms with Crippen molar-refractivity contribution >= 4 is 40.1 Å². The van der Waals surface area contributed by atoms with Crippen LogP contribution in [-0.2, 0) is 18.8 Å². The molecule has 2 aromatic rings. The van der Waals surface area contributed by atoms with Crippen molar-refractivity contribution in [1.82, 2.24) is 5.32 Å². The molecule has 0 saturated heterocycles. The van der Waals surface area contributed by atoms with E-state index in [0.717, 1.165) is 0 Å². The van der Waals surface area contributed by atoms with Crippen LogP contribution in [0.2, 0.25) is 39.8 Å². The molecule has 2 rings (SSSR count). The monoisotopic (exact) mass is 708 g/mol. The molecule has 0 aliphatic carbocycles. The molecule has 0 aromatic heterocycles. The van der Waals surface area contributed by atoms with E-state index in [9.17, 15) is 14.7 Å². The zero-order chi connectivity index (χ0) is 36.1. The number of aromatic hydroxyl groups is 1. The van der Waals surface area contributed by atoms with Crippen molar-refractivity contribution < 1.29 is 33.0 Å². The largest absolute Gasteiger partial charge is 0.542 e. The van der Waals surface area contributed by atoms with Crippen molar-refractivity contribution in [2.45, 2.75) is 122 Å². The van der Waals surface area contributed by atoms with E-state index in [1.807, 2.05) is 0 Å². The van der Waals surface area contributed by atoms with Gasteiger partial charge in [-0.15, -0.1) is 0 Å². The molecule has 0 spiro atoms. The van der Waals surface area contributed by atoms with Gasteiger partial charge in [0.05, 0.1) is 13.7 Å². The van der Waals surface area contributed by atoms with E-state index in [0.29, 0.717) is 16.9 Å². The Kier molecular flexibility index (Phi) is 14.0. The molecule has 0 radical (unpaired) electrons. The van der Waals surface area contributed by atoms with E-state index in [4.69, 9.17) is 35.7 Å². The zero-order valence-electron chi connectivity index (χ0n) is 30.5. The average molecular weight is 709 g/mol. The Morgan fingerprint density at radius 3 is 1.94 bits per heavy atom. The fourth-order valence-electron chi connectivity index (χ4n) is 5.93. The first-order valence-electron chi connectivity index (χ1n) is 16.4. The van der Waals surface area contributed by atoms with Crippen LogP contribution >= 0.6 is 11.6 Å². The van der Waals surface area contributed by atoms with Gasteiger partial charge in [-0.1, -0.05) is 86.0 Å². The van der Waals surface area contributed by atoms with Gasteiger partial charge in [-0.25, -0.2) is 4.79 Å². The van der Waals surface area contributed by atoms with E-state index < -0.39 is 46.7 Å². The Morgan fingerprint density at radius 2 is 1.49 bits per heavy atom. The smallest absolute Gasteiger partial charge is 0.331 e. The molecule has 9 nitrogen and oxygen atoms in total. The highest BCUT2D eigenvalue weighted by Crippen LogP contribution is 2.50. The summed E-state index contributed by atoms with van der Waals surface area (Å²) in [5.41, 5.74) is 7.81. The molecule has 47 heavy (non-hydrogen) atoms. The second-order valence-corrected chi connectivity index (χ2v) is 25.0. The molecular weight excluding hydrogens is 652 g/mol. The van der Waals surface area contributed by atoms with Gasteiger partial charge in [0.2, 0.25) is 14.2 Å². The normalized spacial score (nSPS) is 14.6. The standard InChI is InChI=1S/C35H57ClN2O7Si2/c1-14-43-34(41)30(38-33(40)29(37)24-15-17-25(42-11)18-16-24)32(45-47(21(2)3,22(4)5)23(6)7)26-19-20-27(39)28(36)31(26)44-46(12,13)35(8,9)10/h15-23,29-30,32,39H,14,37H2,1-13H3,(H,38,40)/t29-,30+,32+/m1/s1. The van der Waals surface area contributed by atoms with Crippen LogP contribution in [0.4, 0.5) is 0 Å². The number of ether oxygens (including phenoxy) is 2. The Balaban J connectivity index is 2.91. The first kappa shape index (κ1) is 40.6. The Hall–Kier alpha value is -2.58. The van der Waals surface area contributed by atoms with Crippen LogP contribution in [0.1, 0.15) is 92.5 Å². The van der Waals surface area contributed by atoms with Crippen molar-refractivity contribution in [3.8, 4) is 17.2 Å². The maximum atomic E-state index is 14.0. The number of halogens is 1. The Bertz CT molecular complexity index is 1340. The summed E-state index contributed by atoms with van der Waals surface area (Å²) in [5.74, 6) is -0.597. The maximum absolute atomic E-state index is 14.0. The number of esters is 1. The molecule has 2 aromatic carbocycles. The lowest BCUT2D eigenvalue weighted by molar-refractivity contribution is -0.150. The summed E-state index contributed by atoms with van der Waals surface area (Å²) in [7, 11) is -3.76. The van der Waals surface area contributed by atoms with Gasteiger partial charge in [-0.05, 0) is 71.5 Å². The zero-order valence-corrected chi connectivity index (χ0v) is 33.2. The maximum Gasteiger partial charge on any atom is 0.331 e. The van der Waals surface area contributed by atoms with Gasteiger partial charge in [-0.2, -0.15) is 0 Å². The summed E-state index contributed by atoms with van der Waals surface area (Å²) >= 11 is 6.83. The van der Waals surface area contributed by atoms with Crippen LogP contribution in [0, 0.1) is 0 Å². The van der Waals surface area contributed by atoms with Gasteiger partial charge in [0, 0.05) is 5.56 Å². The molecule has 0 aliphatic heterocycles.